The molecule has 0 aliphatic heterocycles. The van der Waals surface area contributed by atoms with Crippen LogP contribution in [0.1, 0.15) is 5.56 Å². The molecule has 0 fully saturated rings. The fourth-order valence-electron chi connectivity index (χ4n) is 1.61. The van der Waals surface area contributed by atoms with Crippen LogP contribution in [-0.2, 0) is 16.6 Å². The van der Waals surface area contributed by atoms with Crippen LogP contribution in [0, 0.1) is 0 Å². The van der Waals surface area contributed by atoms with Crippen molar-refractivity contribution in [2.24, 2.45) is 0 Å². The van der Waals surface area contributed by atoms with Crippen molar-refractivity contribution in [3.8, 4) is 0 Å². The van der Waals surface area contributed by atoms with E-state index in [1.807, 2.05) is 30.3 Å². The van der Waals surface area contributed by atoms with Crippen molar-refractivity contribution in [2.75, 3.05) is 12.4 Å². The van der Waals surface area contributed by atoms with E-state index in [9.17, 15) is 8.42 Å². The van der Waals surface area contributed by atoms with E-state index < -0.39 is 10.0 Å². The number of halogens is 1. The molecule has 1 heterocycles. The number of benzene rings is 1. The monoisotopic (exact) mass is 311 g/mol. The zero-order chi connectivity index (χ0) is 14.6. The van der Waals surface area contributed by atoms with Gasteiger partial charge in [0.1, 0.15) is 10.7 Å². The predicted molar refractivity (Wildman–Crippen MR) is 79.3 cm³/mol. The van der Waals surface area contributed by atoms with E-state index in [-0.39, 0.29) is 16.5 Å². The largest absolute Gasteiger partial charge is 0.372 e. The van der Waals surface area contributed by atoms with Gasteiger partial charge in [-0.2, -0.15) is 0 Å². The van der Waals surface area contributed by atoms with Crippen LogP contribution in [0.2, 0.25) is 5.02 Å². The van der Waals surface area contributed by atoms with Crippen LogP contribution in [0.4, 0.5) is 5.82 Å². The Morgan fingerprint density at radius 3 is 2.55 bits per heavy atom. The molecule has 0 bridgehead atoms. The van der Waals surface area contributed by atoms with E-state index in [1.54, 1.807) is 7.05 Å². The number of anilines is 1. The van der Waals surface area contributed by atoms with Crippen LogP contribution >= 0.6 is 11.6 Å². The van der Waals surface area contributed by atoms with Gasteiger partial charge in [-0.15, -0.1) is 0 Å². The van der Waals surface area contributed by atoms with Gasteiger partial charge in [0.2, 0.25) is 10.0 Å². The Kier molecular flexibility index (Phi) is 4.59. The Labute approximate surface area is 123 Å². The zero-order valence-electron chi connectivity index (χ0n) is 10.8. The fraction of sp³-hybridized carbons (Fsp3) is 0.154. The maximum absolute atomic E-state index is 12.1. The number of nitrogens with one attached hydrogen (secondary N) is 2. The number of hydrogen-bond acceptors (Lipinski definition) is 4. The molecule has 0 amide bonds. The lowest BCUT2D eigenvalue weighted by Gasteiger charge is -2.08. The van der Waals surface area contributed by atoms with Crippen molar-refractivity contribution in [3.05, 3.63) is 53.2 Å². The summed E-state index contributed by atoms with van der Waals surface area (Å²) in [4.78, 5) is 4.00. The zero-order valence-corrected chi connectivity index (χ0v) is 12.4. The summed E-state index contributed by atoms with van der Waals surface area (Å²) in [6, 6.07) is 10.6. The third-order valence-corrected chi connectivity index (χ3v) is 4.33. The van der Waals surface area contributed by atoms with Gasteiger partial charge < -0.3 is 5.32 Å². The van der Waals surface area contributed by atoms with Gasteiger partial charge in [-0.25, -0.2) is 18.1 Å². The van der Waals surface area contributed by atoms with Gasteiger partial charge in [0.25, 0.3) is 0 Å². The first-order valence-electron chi connectivity index (χ1n) is 5.90. The van der Waals surface area contributed by atoms with E-state index >= 15 is 0 Å². The van der Waals surface area contributed by atoms with Gasteiger partial charge in [0.15, 0.2) is 0 Å². The van der Waals surface area contributed by atoms with Crippen LogP contribution in [-0.4, -0.2) is 20.4 Å². The van der Waals surface area contributed by atoms with Gasteiger partial charge in [0.05, 0.1) is 5.02 Å². The summed E-state index contributed by atoms with van der Waals surface area (Å²) in [7, 11) is -1.97. The molecular weight excluding hydrogens is 298 g/mol. The smallest absolute Gasteiger partial charge is 0.242 e. The molecule has 0 aliphatic rings. The Morgan fingerprint density at radius 2 is 1.95 bits per heavy atom. The van der Waals surface area contributed by atoms with Crippen molar-refractivity contribution in [2.45, 2.75) is 11.4 Å². The van der Waals surface area contributed by atoms with Gasteiger partial charge in [-0.3, -0.25) is 0 Å². The lowest BCUT2D eigenvalue weighted by molar-refractivity contribution is 0.581. The average Bonchev–Trinajstić information content (AvgIpc) is 2.46. The number of hydrogen-bond donors (Lipinski definition) is 2. The fourth-order valence-corrected chi connectivity index (χ4v) is 2.92. The Morgan fingerprint density at radius 1 is 1.25 bits per heavy atom. The highest BCUT2D eigenvalue weighted by Gasteiger charge is 2.16. The second-order valence-electron chi connectivity index (χ2n) is 4.06. The maximum atomic E-state index is 12.1. The minimum atomic E-state index is -3.63. The summed E-state index contributed by atoms with van der Waals surface area (Å²) in [5.74, 6) is 0.439. The molecule has 1 aromatic carbocycles. The Balaban J connectivity index is 2.16. The van der Waals surface area contributed by atoms with Crippen LogP contribution < -0.4 is 10.0 Å². The van der Waals surface area contributed by atoms with Crippen LogP contribution in [0.15, 0.2) is 47.5 Å². The quantitative estimate of drug-likeness (QED) is 0.888. The van der Waals surface area contributed by atoms with E-state index in [1.165, 1.54) is 12.3 Å². The molecule has 5 nitrogen and oxygen atoms in total. The second kappa shape index (κ2) is 6.21. The second-order valence-corrected chi connectivity index (χ2v) is 6.24. The molecule has 2 rings (SSSR count). The third kappa shape index (κ3) is 3.47. The van der Waals surface area contributed by atoms with Crippen LogP contribution in [0.5, 0.6) is 0 Å². The highest BCUT2D eigenvalue weighted by atomic mass is 35.5. The predicted octanol–water partition coefficient (Wildman–Crippen LogP) is 2.26. The molecule has 0 aliphatic carbocycles. The molecule has 106 valence electrons. The van der Waals surface area contributed by atoms with Crippen molar-refractivity contribution < 1.29 is 8.42 Å². The number of aromatic nitrogens is 1. The summed E-state index contributed by atoms with van der Waals surface area (Å²) >= 11 is 5.94. The standard InChI is InChI=1S/C13H14ClN3O2S/c1-15-13-12(14)7-11(9-16-13)20(18,19)17-8-10-5-3-2-4-6-10/h2-7,9,17H,8H2,1H3,(H,15,16). The van der Waals surface area contributed by atoms with E-state index in [0.29, 0.717) is 5.82 Å². The molecule has 0 saturated heterocycles. The van der Waals surface area contributed by atoms with Crippen LogP contribution in [0.25, 0.3) is 0 Å². The van der Waals surface area contributed by atoms with Gasteiger partial charge in [-0.1, -0.05) is 41.9 Å². The van der Waals surface area contributed by atoms with Crippen molar-refractivity contribution in [1.29, 1.82) is 0 Å². The van der Waals surface area contributed by atoms with Crippen molar-refractivity contribution in [1.82, 2.24) is 9.71 Å². The number of rotatable bonds is 5. The third-order valence-electron chi connectivity index (χ3n) is 2.67. The molecule has 0 spiro atoms. The molecule has 2 aromatic rings. The first-order chi connectivity index (χ1) is 9.53. The molecule has 0 radical (unpaired) electrons. The molecule has 1 aromatic heterocycles. The lowest BCUT2D eigenvalue weighted by Crippen LogP contribution is -2.23. The molecule has 0 unspecified atom stereocenters. The highest BCUT2D eigenvalue weighted by molar-refractivity contribution is 7.89. The SMILES string of the molecule is CNc1ncc(S(=O)(=O)NCc2ccccc2)cc1Cl. The number of pyridine rings is 1. The topological polar surface area (TPSA) is 71.1 Å². The molecule has 0 saturated carbocycles. The van der Waals surface area contributed by atoms with Crippen molar-refractivity contribution in [3.63, 3.8) is 0 Å². The van der Waals surface area contributed by atoms with E-state index in [2.05, 4.69) is 15.0 Å². The molecular formula is C13H14ClN3O2S. The molecule has 0 atom stereocenters. The van der Waals surface area contributed by atoms with Gasteiger partial charge >= 0.3 is 0 Å². The molecule has 20 heavy (non-hydrogen) atoms. The summed E-state index contributed by atoms with van der Waals surface area (Å²) in [5, 5.41) is 3.03. The molecule has 7 heteroatoms. The first-order valence-corrected chi connectivity index (χ1v) is 7.76. The summed E-state index contributed by atoms with van der Waals surface area (Å²) in [6.45, 7) is 0.217. The number of nitrogens with zero attached hydrogens (tertiary/aromatic N) is 1. The number of sulfonamides is 1. The van der Waals surface area contributed by atoms with E-state index in [0.717, 1.165) is 5.56 Å². The van der Waals surface area contributed by atoms with Crippen molar-refractivity contribution >= 4 is 27.4 Å². The lowest BCUT2D eigenvalue weighted by atomic mass is 10.2. The van der Waals surface area contributed by atoms with Gasteiger partial charge in [-0.05, 0) is 11.6 Å². The molecule has 2 N–H and O–H groups in total. The first kappa shape index (κ1) is 14.8. The summed E-state index contributed by atoms with van der Waals surface area (Å²) in [6.07, 6.45) is 1.27. The summed E-state index contributed by atoms with van der Waals surface area (Å²) < 4.78 is 26.8. The Bertz CT molecular complexity index is 690. The maximum Gasteiger partial charge on any atom is 0.242 e. The van der Waals surface area contributed by atoms with Gasteiger partial charge in [0, 0.05) is 19.8 Å². The minimum absolute atomic E-state index is 0.0393. The van der Waals surface area contributed by atoms with E-state index in [4.69, 9.17) is 11.6 Å². The minimum Gasteiger partial charge on any atom is -0.372 e. The van der Waals surface area contributed by atoms with Crippen LogP contribution in [0.3, 0.4) is 0 Å². The summed E-state index contributed by atoms with van der Waals surface area (Å²) in [5.41, 5.74) is 0.877. The Hall–Kier alpha value is -1.63. The highest BCUT2D eigenvalue weighted by Crippen LogP contribution is 2.21. The average molecular weight is 312 g/mol. The normalized spacial score (nSPS) is 11.3.